The molecule has 3 heterocycles. The minimum Gasteiger partial charge on any atom is -0.343 e. The maximum Gasteiger partial charge on any atom is 0.224 e. The number of hydrogen-bond donors (Lipinski definition) is 1. The number of nitrogens with zero attached hydrogens (tertiary/aromatic N) is 3. The number of hydrogen-bond acceptors (Lipinski definition) is 3. The second-order valence-corrected chi connectivity index (χ2v) is 6.50. The molecule has 1 aromatic heterocycles. The maximum atomic E-state index is 12.5. The zero-order valence-electron chi connectivity index (χ0n) is 12.9. The van der Waals surface area contributed by atoms with E-state index in [1.807, 2.05) is 6.20 Å². The van der Waals surface area contributed by atoms with Crippen molar-refractivity contribution in [1.82, 2.24) is 20.0 Å². The van der Waals surface area contributed by atoms with Crippen molar-refractivity contribution in [2.45, 2.75) is 50.5 Å². The highest BCUT2D eigenvalue weighted by Crippen LogP contribution is 2.27. The predicted molar refractivity (Wildman–Crippen MR) is 82.0 cm³/mol. The highest BCUT2D eigenvalue weighted by atomic mass is 16.2. The summed E-state index contributed by atoms with van der Waals surface area (Å²) in [5.74, 6) is 0.880. The molecule has 0 radical (unpaired) electrons. The third-order valence-electron chi connectivity index (χ3n) is 5.14. The van der Waals surface area contributed by atoms with Gasteiger partial charge in [0, 0.05) is 43.4 Å². The van der Waals surface area contributed by atoms with Crippen LogP contribution in [0.5, 0.6) is 0 Å². The van der Waals surface area contributed by atoms with Crippen molar-refractivity contribution in [3.63, 3.8) is 0 Å². The van der Waals surface area contributed by atoms with Gasteiger partial charge in [0.2, 0.25) is 5.91 Å². The molecule has 1 atom stereocenters. The van der Waals surface area contributed by atoms with Crippen LogP contribution in [0.4, 0.5) is 0 Å². The number of amides is 1. The quantitative estimate of drug-likeness (QED) is 0.926. The fraction of sp³-hybridized carbons (Fsp3) is 0.750. The van der Waals surface area contributed by atoms with Crippen LogP contribution in [-0.4, -0.2) is 58.6 Å². The molecule has 2 fully saturated rings. The first-order chi connectivity index (χ1) is 10.2. The molecule has 0 bridgehead atoms. The fourth-order valence-electron chi connectivity index (χ4n) is 3.67. The first-order valence-electron chi connectivity index (χ1n) is 8.21. The third kappa shape index (κ3) is 3.46. The van der Waals surface area contributed by atoms with Crippen LogP contribution in [0, 0.1) is 0 Å². The van der Waals surface area contributed by atoms with Gasteiger partial charge in [0.05, 0.1) is 0 Å². The van der Waals surface area contributed by atoms with Crippen LogP contribution in [0.15, 0.2) is 12.3 Å². The summed E-state index contributed by atoms with van der Waals surface area (Å²) in [5.41, 5.74) is 1.22. The Morgan fingerprint density at radius 2 is 2.10 bits per heavy atom. The zero-order chi connectivity index (χ0) is 14.7. The number of likely N-dealkylation sites (tertiary alicyclic amines) is 2. The minimum absolute atomic E-state index is 0.344. The van der Waals surface area contributed by atoms with Crippen LogP contribution < -0.4 is 0 Å². The van der Waals surface area contributed by atoms with Crippen LogP contribution >= 0.6 is 0 Å². The summed E-state index contributed by atoms with van der Waals surface area (Å²) in [6.45, 7) is 2.91. The van der Waals surface area contributed by atoms with Crippen molar-refractivity contribution in [2.24, 2.45) is 0 Å². The molecule has 1 N–H and O–H groups in total. The second-order valence-electron chi connectivity index (χ2n) is 6.50. The number of H-pyrrole nitrogens is 1. The molecule has 2 aliphatic heterocycles. The smallest absolute Gasteiger partial charge is 0.224 e. The Bertz CT molecular complexity index is 451. The average molecular weight is 290 g/mol. The summed E-state index contributed by atoms with van der Waals surface area (Å²) in [5, 5.41) is 7.09. The van der Waals surface area contributed by atoms with Gasteiger partial charge in [-0.3, -0.25) is 9.89 Å². The van der Waals surface area contributed by atoms with Crippen LogP contribution in [-0.2, 0) is 4.79 Å². The monoisotopic (exact) mass is 290 g/mol. The van der Waals surface area contributed by atoms with E-state index in [0.717, 1.165) is 32.5 Å². The first kappa shape index (κ1) is 14.6. The van der Waals surface area contributed by atoms with Gasteiger partial charge in [-0.2, -0.15) is 5.10 Å². The van der Waals surface area contributed by atoms with Crippen molar-refractivity contribution in [3.8, 4) is 0 Å². The summed E-state index contributed by atoms with van der Waals surface area (Å²) in [6, 6.07) is 2.51. The van der Waals surface area contributed by atoms with Crippen LogP contribution in [0.25, 0.3) is 0 Å². The van der Waals surface area contributed by atoms with E-state index >= 15 is 0 Å². The van der Waals surface area contributed by atoms with Crippen LogP contribution in [0.2, 0.25) is 0 Å². The Balaban J connectivity index is 1.48. The molecule has 0 aliphatic carbocycles. The molecule has 5 nitrogen and oxygen atoms in total. The van der Waals surface area contributed by atoms with Gasteiger partial charge in [0.15, 0.2) is 0 Å². The molecule has 116 valence electrons. The van der Waals surface area contributed by atoms with Gasteiger partial charge < -0.3 is 9.80 Å². The zero-order valence-corrected chi connectivity index (χ0v) is 12.9. The molecule has 1 amide bonds. The van der Waals surface area contributed by atoms with Crippen molar-refractivity contribution in [1.29, 1.82) is 0 Å². The van der Waals surface area contributed by atoms with Crippen LogP contribution in [0.3, 0.4) is 0 Å². The molecule has 0 aromatic carbocycles. The fourth-order valence-corrected chi connectivity index (χ4v) is 3.67. The lowest BCUT2D eigenvalue weighted by atomic mass is 9.93. The summed E-state index contributed by atoms with van der Waals surface area (Å²) < 4.78 is 0. The predicted octanol–water partition coefficient (Wildman–Crippen LogP) is 1.99. The lowest BCUT2D eigenvalue weighted by Gasteiger charge is -2.36. The molecule has 3 rings (SSSR count). The van der Waals surface area contributed by atoms with Crippen LogP contribution in [0.1, 0.15) is 50.1 Å². The lowest BCUT2D eigenvalue weighted by molar-refractivity contribution is -0.133. The van der Waals surface area contributed by atoms with E-state index in [9.17, 15) is 4.79 Å². The lowest BCUT2D eigenvalue weighted by Crippen LogP contribution is -2.43. The Morgan fingerprint density at radius 3 is 2.76 bits per heavy atom. The van der Waals surface area contributed by atoms with E-state index in [0.29, 0.717) is 24.3 Å². The topological polar surface area (TPSA) is 52.2 Å². The number of piperidine rings is 2. The van der Waals surface area contributed by atoms with Crippen molar-refractivity contribution < 1.29 is 4.79 Å². The Morgan fingerprint density at radius 1 is 1.29 bits per heavy atom. The highest BCUT2D eigenvalue weighted by molar-refractivity contribution is 5.77. The molecule has 21 heavy (non-hydrogen) atoms. The molecule has 0 saturated carbocycles. The van der Waals surface area contributed by atoms with E-state index < -0.39 is 0 Å². The Kier molecular flexibility index (Phi) is 4.58. The molecule has 0 spiro atoms. The number of nitrogens with one attached hydrogen (secondary N) is 1. The van der Waals surface area contributed by atoms with E-state index in [4.69, 9.17) is 0 Å². The Hall–Kier alpha value is -1.36. The maximum absolute atomic E-state index is 12.5. The molecule has 1 aromatic rings. The summed E-state index contributed by atoms with van der Waals surface area (Å²) in [6.07, 6.45) is 8.33. The molecule has 2 saturated heterocycles. The number of carbonyl (C=O) groups is 1. The summed E-state index contributed by atoms with van der Waals surface area (Å²) >= 11 is 0. The van der Waals surface area contributed by atoms with Crippen molar-refractivity contribution >= 4 is 5.91 Å². The number of aromatic amines is 1. The van der Waals surface area contributed by atoms with E-state index in [2.05, 4.69) is 33.1 Å². The van der Waals surface area contributed by atoms with Gasteiger partial charge in [0.1, 0.15) is 0 Å². The molecular weight excluding hydrogens is 264 g/mol. The molecule has 5 heteroatoms. The summed E-state index contributed by atoms with van der Waals surface area (Å²) in [4.78, 5) is 16.9. The van der Waals surface area contributed by atoms with Gasteiger partial charge in [-0.15, -0.1) is 0 Å². The van der Waals surface area contributed by atoms with Crippen molar-refractivity contribution in [2.75, 3.05) is 26.7 Å². The largest absolute Gasteiger partial charge is 0.343 e. The van der Waals surface area contributed by atoms with Gasteiger partial charge in [-0.1, -0.05) is 6.42 Å². The van der Waals surface area contributed by atoms with Gasteiger partial charge >= 0.3 is 0 Å². The molecular formula is C16H26N4O. The van der Waals surface area contributed by atoms with Gasteiger partial charge in [-0.25, -0.2) is 0 Å². The highest BCUT2D eigenvalue weighted by Gasteiger charge is 2.28. The van der Waals surface area contributed by atoms with Gasteiger partial charge in [0.25, 0.3) is 0 Å². The molecule has 2 aliphatic rings. The normalized spacial score (nSPS) is 25.2. The first-order valence-corrected chi connectivity index (χ1v) is 8.21. The number of carbonyl (C=O) groups excluding carboxylic acids is 1. The van der Waals surface area contributed by atoms with Crippen molar-refractivity contribution in [3.05, 3.63) is 18.0 Å². The molecule has 1 unspecified atom stereocenters. The number of aromatic nitrogens is 2. The average Bonchev–Trinajstić information content (AvgIpc) is 3.04. The van der Waals surface area contributed by atoms with E-state index in [1.165, 1.54) is 25.0 Å². The minimum atomic E-state index is 0.344. The van der Waals surface area contributed by atoms with E-state index in [1.54, 1.807) is 0 Å². The SMILES string of the molecule is CN1CCCCC1CC(=O)N1CCC(c2ccn[nH]2)CC1. The number of rotatable bonds is 3. The second kappa shape index (κ2) is 6.60. The Labute approximate surface area is 126 Å². The standard InChI is InChI=1S/C16H26N4O/c1-19-9-3-2-4-14(19)12-16(21)20-10-6-13(7-11-20)15-5-8-17-18-15/h5,8,13-14H,2-4,6-7,9-12H2,1H3,(H,17,18). The third-order valence-corrected chi connectivity index (χ3v) is 5.14. The summed E-state index contributed by atoms with van der Waals surface area (Å²) in [7, 11) is 2.15. The van der Waals surface area contributed by atoms with E-state index in [-0.39, 0.29) is 0 Å². The van der Waals surface area contributed by atoms with Gasteiger partial charge in [-0.05, 0) is 45.3 Å².